The average Bonchev–Trinajstić information content (AvgIpc) is 2.71. The summed E-state index contributed by atoms with van der Waals surface area (Å²) in [5, 5.41) is 17.1. The lowest BCUT2D eigenvalue weighted by atomic mass is 10.4. The number of nitrogen functional groups attached to an aromatic ring is 1. The van der Waals surface area contributed by atoms with Gasteiger partial charge in [0.15, 0.2) is 11.5 Å². The number of carbonyl (C=O) groups excluding carboxylic acids is 1. The smallest absolute Gasteiger partial charge is 0.333 e. The highest BCUT2D eigenvalue weighted by Gasteiger charge is 2.28. The lowest BCUT2D eigenvalue weighted by Gasteiger charge is -2.20. The minimum Gasteiger partial charge on any atom is -0.391 e. The van der Waals surface area contributed by atoms with Crippen LogP contribution >= 0.6 is 7.60 Å². The van der Waals surface area contributed by atoms with E-state index in [1.807, 2.05) is 0 Å². The second kappa shape index (κ2) is 7.51. The molecule has 0 aromatic carbocycles. The van der Waals surface area contributed by atoms with Crippen molar-refractivity contribution in [3.8, 4) is 0 Å². The molecule has 1 atom stereocenters. The van der Waals surface area contributed by atoms with Gasteiger partial charge in [0.05, 0.1) is 32.0 Å². The molecular formula is C10H20N5O5P. The Morgan fingerprint density at radius 1 is 1.43 bits per heavy atom. The molecular weight excluding hydrogens is 301 g/mol. The maximum atomic E-state index is 12.3. The molecule has 21 heavy (non-hydrogen) atoms. The molecule has 0 unspecified atom stereocenters. The van der Waals surface area contributed by atoms with Crippen LogP contribution in [0.2, 0.25) is 0 Å². The van der Waals surface area contributed by atoms with Crippen molar-refractivity contribution >= 4 is 19.3 Å². The molecule has 11 heteroatoms. The van der Waals surface area contributed by atoms with Crippen molar-refractivity contribution in [2.45, 2.75) is 26.5 Å². The fraction of sp³-hybridized carbons (Fsp3) is 0.700. The summed E-state index contributed by atoms with van der Waals surface area (Å²) in [6, 6.07) is 0. The van der Waals surface area contributed by atoms with Crippen LogP contribution in [0.15, 0.2) is 0 Å². The van der Waals surface area contributed by atoms with Crippen molar-refractivity contribution in [2.75, 3.05) is 25.1 Å². The monoisotopic (exact) mass is 321 g/mol. The van der Waals surface area contributed by atoms with Gasteiger partial charge >= 0.3 is 7.60 Å². The molecule has 1 rings (SSSR count). The SMILES string of the molecule is CCOP(=O)(C[C@H](O)Cn1nnc(C(N)=O)c1N)OCC. The number of anilines is 1. The molecule has 0 spiro atoms. The molecule has 0 saturated carbocycles. The number of carbonyl (C=O) groups is 1. The van der Waals surface area contributed by atoms with E-state index in [-0.39, 0.29) is 37.4 Å². The Balaban J connectivity index is 2.74. The van der Waals surface area contributed by atoms with E-state index in [9.17, 15) is 14.5 Å². The first-order valence-electron chi connectivity index (χ1n) is 6.38. The third kappa shape index (κ3) is 4.78. The number of nitrogens with two attached hydrogens (primary N) is 2. The first-order valence-corrected chi connectivity index (χ1v) is 8.10. The van der Waals surface area contributed by atoms with Crippen molar-refractivity contribution in [1.82, 2.24) is 15.0 Å². The Morgan fingerprint density at radius 3 is 2.43 bits per heavy atom. The topological polar surface area (TPSA) is 156 Å². The van der Waals surface area contributed by atoms with E-state index in [2.05, 4.69) is 10.3 Å². The number of nitrogens with zero attached hydrogens (tertiary/aromatic N) is 3. The van der Waals surface area contributed by atoms with Gasteiger partial charge in [0.1, 0.15) is 0 Å². The molecule has 0 bridgehead atoms. The second-order valence-electron chi connectivity index (χ2n) is 4.15. The third-order valence-corrected chi connectivity index (χ3v) is 4.65. The van der Waals surface area contributed by atoms with Crippen LogP contribution in [0, 0.1) is 0 Å². The van der Waals surface area contributed by atoms with Crippen LogP contribution in [-0.4, -0.2) is 51.5 Å². The van der Waals surface area contributed by atoms with Crippen LogP contribution < -0.4 is 11.5 Å². The maximum absolute atomic E-state index is 12.3. The standard InChI is InChI=1S/C10H20N5O5P/c1-3-19-21(18,20-4-2)6-7(16)5-15-9(11)8(10(12)17)13-14-15/h7,16H,3-6,11H2,1-2H3,(H2,12,17)/t7-/m1/s1. The van der Waals surface area contributed by atoms with Gasteiger partial charge in [-0.2, -0.15) is 0 Å². The van der Waals surface area contributed by atoms with Crippen LogP contribution in [0.4, 0.5) is 5.82 Å². The minimum atomic E-state index is -3.38. The van der Waals surface area contributed by atoms with Crippen molar-refractivity contribution in [3.05, 3.63) is 5.69 Å². The van der Waals surface area contributed by atoms with Crippen molar-refractivity contribution in [1.29, 1.82) is 0 Å². The summed E-state index contributed by atoms with van der Waals surface area (Å²) in [5.74, 6) is -0.883. The molecule has 1 amide bonds. The molecule has 0 aliphatic carbocycles. The summed E-state index contributed by atoms with van der Waals surface area (Å²) in [6.45, 7) is 3.62. The van der Waals surface area contributed by atoms with Gasteiger partial charge in [-0.15, -0.1) is 5.10 Å². The number of primary amides is 1. The van der Waals surface area contributed by atoms with E-state index in [0.29, 0.717) is 0 Å². The Kier molecular flexibility index (Phi) is 6.28. The third-order valence-electron chi connectivity index (χ3n) is 2.48. The van der Waals surface area contributed by atoms with Crippen LogP contribution in [0.25, 0.3) is 0 Å². The molecule has 120 valence electrons. The molecule has 1 heterocycles. The fourth-order valence-corrected chi connectivity index (χ4v) is 3.39. The van der Waals surface area contributed by atoms with Gasteiger partial charge in [0.2, 0.25) is 0 Å². The second-order valence-corrected chi connectivity index (χ2v) is 6.26. The normalized spacial score (nSPS) is 13.3. The minimum absolute atomic E-state index is 0.0656. The number of amides is 1. The number of hydrogen-bond acceptors (Lipinski definition) is 8. The van der Waals surface area contributed by atoms with E-state index in [4.69, 9.17) is 20.5 Å². The maximum Gasteiger partial charge on any atom is 0.333 e. The zero-order valence-corrected chi connectivity index (χ0v) is 12.8. The zero-order valence-electron chi connectivity index (χ0n) is 11.9. The van der Waals surface area contributed by atoms with Gasteiger partial charge in [-0.1, -0.05) is 5.21 Å². The predicted molar refractivity (Wildman–Crippen MR) is 74.7 cm³/mol. The van der Waals surface area contributed by atoms with Gasteiger partial charge in [-0.25, -0.2) is 4.68 Å². The summed E-state index contributed by atoms with van der Waals surface area (Å²) < 4.78 is 23.5. The molecule has 1 aromatic heterocycles. The molecule has 0 saturated heterocycles. The van der Waals surface area contributed by atoms with Gasteiger partial charge < -0.3 is 25.6 Å². The van der Waals surface area contributed by atoms with E-state index in [1.165, 1.54) is 0 Å². The highest BCUT2D eigenvalue weighted by atomic mass is 31.2. The van der Waals surface area contributed by atoms with Crippen molar-refractivity contribution in [3.63, 3.8) is 0 Å². The van der Waals surface area contributed by atoms with Gasteiger partial charge in [-0.3, -0.25) is 9.36 Å². The zero-order chi connectivity index (χ0) is 16.0. The van der Waals surface area contributed by atoms with Gasteiger partial charge in [0.25, 0.3) is 5.91 Å². The van der Waals surface area contributed by atoms with Crippen LogP contribution in [0.5, 0.6) is 0 Å². The molecule has 0 fully saturated rings. The predicted octanol–water partition coefficient (Wildman–Crippen LogP) is -0.414. The van der Waals surface area contributed by atoms with Crippen LogP contribution in [-0.2, 0) is 20.2 Å². The molecule has 0 aliphatic rings. The highest BCUT2D eigenvalue weighted by Crippen LogP contribution is 2.48. The van der Waals surface area contributed by atoms with E-state index in [1.54, 1.807) is 13.8 Å². The summed E-state index contributed by atoms with van der Waals surface area (Å²) in [6.07, 6.45) is -1.32. The number of hydrogen-bond donors (Lipinski definition) is 3. The summed E-state index contributed by atoms with van der Waals surface area (Å²) in [7, 11) is -3.38. The van der Waals surface area contributed by atoms with Crippen molar-refractivity contribution in [2.24, 2.45) is 5.73 Å². The first kappa shape index (κ1) is 17.6. The lowest BCUT2D eigenvalue weighted by Crippen LogP contribution is -2.23. The lowest BCUT2D eigenvalue weighted by molar-refractivity contribution is 0.0996. The number of aliphatic hydroxyl groups excluding tert-OH is 1. The fourth-order valence-electron chi connectivity index (χ4n) is 1.68. The van der Waals surface area contributed by atoms with Gasteiger partial charge in [0, 0.05) is 0 Å². The Hall–Kier alpha value is -1.48. The molecule has 10 nitrogen and oxygen atoms in total. The summed E-state index contributed by atoms with van der Waals surface area (Å²) in [4.78, 5) is 11.0. The first-order chi connectivity index (χ1) is 9.83. The Labute approximate surface area is 121 Å². The Bertz CT molecular complexity index is 524. The van der Waals surface area contributed by atoms with Crippen LogP contribution in [0.3, 0.4) is 0 Å². The average molecular weight is 321 g/mol. The molecule has 1 aromatic rings. The Morgan fingerprint density at radius 2 is 2.00 bits per heavy atom. The summed E-state index contributed by atoms with van der Waals surface area (Å²) in [5.41, 5.74) is 10.5. The summed E-state index contributed by atoms with van der Waals surface area (Å²) >= 11 is 0. The van der Waals surface area contributed by atoms with Crippen LogP contribution in [0.1, 0.15) is 24.3 Å². The van der Waals surface area contributed by atoms with E-state index >= 15 is 0 Å². The van der Waals surface area contributed by atoms with Crippen molar-refractivity contribution < 1.29 is 23.5 Å². The van der Waals surface area contributed by atoms with E-state index < -0.39 is 19.6 Å². The number of rotatable bonds is 9. The van der Waals surface area contributed by atoms with Gasteiger partial charge in [-0.05, 0) is 13.8 Å². The molecule has 0 radical (unpaired) electrons. The van der Waals surface area contributed by atoms with E-state index in [0.717, 1.165) is 4.68 Å². The quantitative estimate of drug-likeness (QED) is 0.518. The highest BCUT2D eigenvalue weighted by molar-refractivity contribution is 7.53. The molecule has 5 N–H and O–H groups in total. The largest absolute Gasteiger partial charge is 0.391 e. The molecule has 0 aliphatic heterocycles. The number of aromatic nitrogens is 3. The number of aliphatic hydroxyl groups is 1.